The number of piperidine rings is 1. The van der Waals surface area contributed by atoms with E-state index in [1.165, 1.54) is 32.1 Å². The molecule has 1 aliphatic heterocycles. The van der Waals surface area contributed by atoms with Crippen LogP contribution in [0, 0.1) is 17.3 Å². The van der Waals surface area contributed by atoms with Crippen LogP contribution in [-0.4, -0.2) is 53.9 Å². The largest absolute Gasteiger partial charge is 0.387 e. The van der Waals surface area contributed by atoms with Gasteiger partial charge in [-0.25, -0.2) is 9.67 Å². The molecule has 1 N–H and O–H groups in total. The number of aryl methyl sites for hydroxylation is 1. The fourth-order valence-corrected chi connectivity index (χ4v) is 7.25. The van der Waals surface area contributed by atoms with Crippen molar-refractivity contribution in [2.75, 3.05) is 13.1 Å². The topological polar surface area (TPSA) is 93.2 Å². The van der Waals surface area contributed by atoms with Gasteiger partial charge in [0.15, 0.2) is 5.65 Å². The number of carbonyl (C=O) groups is 1. The second-order valence-corrected chi connectivity index (χ2v) is 11.5. The first-order valence-corrected chi connectivity index (χ1v) is 13.8. The Morgan fingerprint density at radius 2 is 1.91 bits per heavy atom. The molecular weight excluding hydrogens is 442 g/mol. The van der Waals surface area contributed by atoms with Gasteiger partial charge in [0.05, 0.1) is 18.3 Å². The predicted octanol–water partition coefficient (Wildman–Crippen LogP) is 3.74. The summed E-state index contributed by atoms with van der Waals surface area (Å²) in [5.41, 5.74) is -0.972. The molecule has 0 bridgehead atoms. The first-order chi connectivity index (χ1) is 16.9. The van der Waals surface area contributed by atoms with Gasteiger partial charge in [-0.3, -0.25) is 14.2 Å². The fourth-order valence-electron chi connectivity index (χ4n) is 7.25. The highest BCUT2D eigenvalue weighted by Crippen LogP contribution is 2.51. The number of fused-ring (bicyclic) bond motifs is 1. The van der Waals surface area contributed by atoms with Crippen molar-refractivity contribution >= 4 is 16.9 Å². The summed E-state index contributed by atoms with van der Waals surface area (Å²) in [6.45, 7) is 6.06. The lowest BCUT2D eigenvalue weighted by Gasteiger charge is -2.52. The second kappa shape index (κ2) is 9.68. The lowest BCUT2D eigenvalue weighted by atomic mass is 9.65. The minimum Gasteiger partial charge on any atom is -0.387 e. The minimum absolute atomic E-state index is 0.0343. The number of likely N-dealkylation sites (tertiary alicyclic amines) is 1. The first-order valence-electron chi connectivity index (χ1n) is 13.8. The fraction of sp³-hybridized carbons (Fsp3) is 0.778. The van der Waals surface area contributed by atoms with Crippen molar-refractivity contribution < 1.29 is 9.90 Å². The van der Waals surface area contributed by atoms with E-state index in [9.17, 15) is 14.7 Å². The van der Waals surface area contributed by atoms with Gasteiger partial charge in [0, 0.05) is 31.0 Å². The molecule has 3 aliphatic rings. The molecule has 0 radical (unpaired) electrons. The summed E-state index contributed by atoms with van der Waals surface area (Å²) in [4.78, 5) is 33.2. The maximum Gasteiger partial charge on any atom is 0.264 e. The lowest BCUT2D eigenvalue weighted by Crippen LogP contribution is -2.62. The molecule has 1 unspecified atom stereocenters. The predicted molar refractivity (Wildman–Crippen MR) is 135 cm³/mol. The number of rotatable bonds is 6. The Hall–Kier alpha value is -2.22. The molecule has 0 aromatic carbocycles. The molecule has 35 heavy (non-hydrogen) atoms. The zero-order valence-corrected chi connectivity index (χ0v) is 21.4. The summed E-state index contributed by atoms with van der Waals surface area (Å²) >= 11 is 0. The van der Waals surface area contributed by atoms with E-state index in [4.69, 9.17) is 0 Å². The van der Waals surface area contributed by atoms with E-state index in [0.717, 1.165) is 32.1 Å². The number of amides is 1. The molecule has 2 saturated carbocycles. The second-order valence-electron chi connectivity index (χ2n) is 11.5. The van der Waals surface area contributed by atoms with Gasteiger partial charge >= 0.3 is 0 Å². The zero-order valence-electron chi connectivity index (χ0n) is 21.4. The van der Waals surface area contributed by atoms with Crippen LogP contribution >= 0.6 is 0 Å². The van der Waals surface area contributed by atoms with E-state index in [-0.39, 0.29) is 29.3 Å². The van der Waals surface area contributed by atoms with Crippen LogP contribution in [0.15, 0.2) is 17.3 Å². The SMILES string of the molecule is CCn1ncc2c(=O)n(CC3(O)CCN(C(=O)[C@H](C)CC4CCCCC4)CC34CCCC4)cnc21. The Balaban J connectivity index is 1.34. The third-order valence-corrected chi connectivity index (χ3v) is 9.34. The molecule has 192 valence electrons. The molecule has 2 atom stereocenters. The Kier molecular flexibility index (Phi) is 6.77. The third kappa shape index (κ3) is 4.43. The van der Waals surface area contributed by atoms with Gasteiger partial charge in [-0.15, -0.1) is 0 Å². The molecule has 5 rings (SSSR count). The molecule has 3 heterocycles. The summed E-state index contributed by atoms with van der Waals surface area (Å²) in [5, 5.41) is 16.8. The van der Waals surface area contributed by atoms with Crippen LogP contribution in [0.4, 0.5) is 0 Å². The van der Waals surface area contributed by atoms with E-state index in [1.54, 1.807) is 21.8 Å². The molecule has 2 aliphatic carbocycles. The van der Waals surface area contributed by atoms with Gasteiger partial charge in [0.25, 0.3) is 5.56 Å². The van der Waals surface area contributed by atoms with Crippen LogP contribution in [0.5, 0.6) is 0 Å². The van der Waals surface area contributed by atoms with Gasteiger partial charge in [0.2, 0.25) is 5.91 Å². The van der Waals surface area contributed by atoms with Crippen LogP contribution in [-0.2, 0) is 17.9 Å². The molecule has 2 aromatic rings. The normalized spacial score (nSPS) is 26.0. The van der Waals surface area contributed by atoms with Crippen LogP contribution in [0.25, 0.3) is 11.0 Å². The van der Waals surface area contributed by atoms with Crippen LogP contribution in [0.1, 0.15) is 84.5 Å². The summed E-state index contributed by atoms with van der Waals surface area (Å²) in [5.74, 6) is 0.958. The Morgan fingerprint density at radius 3 is 2.63 bits per heavy atom. The highest BCUT2D eigenvalue weighted by molar-refractivity contribution is 5.78. The van der Waals surface area contributed by atoms with Crippen molar-refractivity contribution in [1.29, 1.82) is 0 Å². The zero-order chi connectivity index (χ0) is 24.6. The van der Waals surface area contributed by atoms with E-state index in [1.807, 2.05) is 11.8 Å². The smallest absolute Gasteiger partial charge is 0.264 e. The number of aliphatic hydroxyl groups is 1. The van der Waals surface area contributed by atoms with Gasteiger partial charge in [0.1, 0.15) is 11.7 Å². The maximum atomic E-state index is 13.5. The number of hydrogen-bond acceptors (Lipinski definition) is 5. The highest BCUT2D eigenvalue weighted by atomic mass is 16.3. The maximum absolute atomic E-state index is 13.5. The first kappa shape index (κ1) is 24.5. The van der Waals surface area contributed by atoms with E-state index >= 15 is 0 Å². The molecule has 1 saturated heterocycles. The Bertz CT molecular complexity index is 1110. The van der Waals surface area contributed by atoms with Crippen molar-refractivity contribution in [3.63, 3.8) is 0 Å². The molecule has 1 amide bonds. The minimum atomic E-state index is -1.03. The standard InChI is InChI=1S/C27H41N5O3/c1-3-32-23-22(16-29-32)25(34)31(19-28-23)18-27(35)13-14-30(17-26(27)11-7-8-12-26)24(33)20(2)15-21-9-5-4-6-10-21/h16,19-21,35H,3-15,17-18H2,1-2H3/t20-,27?/m1/s1. The lowest BCUT2D eigenvalue weighted by molar-refractivity contribution is -0.163. The van der Waals surface area contributed by atoms with E-state index in [0.29, 0.717) is 43.0 Å². The number of hydrogen-bond donors (Lipinski definition) is 1. The average molecular weight is 484 g/mol. The van der Waals surface area contributed by atoms with Gasteiger partial charge in [-0.2, -0.15) is 5.10 Å². The van der Waals surface area contributed by atoms with Crippen molar-refractivity contribution in [3.8, 4) is 0 Å². The van der Waals surface area contributed by atoms with Crippen molar-refractivity contribution in [3.05, 3.63) is 22.9 Å². The summed E-state index contributed by atoms with van der Waals surface area (Å²) in [6, 6.07) is 0. The molecule has 3 fully saturated rings. The number of nitrogens with zero attached hydrogens (tertiary/aromatic N) is 5. The van der Waals surface area contributed by atoms with Crippen molar-refractivity contribution in [2.45, 2.75) is 103 Å². The summed E-state index contributed by atoms with van der Waals surface area (Å²) < 4.78 is 3.28. The summed E-state index contributed by atoms with van der Waals surface area (Å²) in [7, 11) is 0. The number of carbonyl (C=O) groups excluding carboxylic acids is 1. The van der Waals surface area contributed by atoms with Crippen LogP contribution in [0.3, 0.4) is 0 Å². The van der Waals surface area contributed by atoms with Crippen LogP contribution < -0.4 is 5.56 Å². The molecule has 8 heteroatoms. The molecule has 1 spiro atoms. The van der Waals surface area contributed by atoms with Crippen LogP contribution in [0.2, 0.25) is 0 Å². The Morgan fingerprint density at radius 1 is 1.17 bits per heavy atom. The van der Waals surface area contributed by atoms with Crippen molar-refractivity contribution in [1.82, 2.24) is 24.2 Å². The van der Waals surface area contributed by atoms with Gasteiger partial charge in [-0.05, 0) is 38.5 Å². The monoisotopic (exact) mass is 483 g/mol. The third-order valence-electron chi connectivity index (χ3n) is 9.34. The quantitative estimate of drug-likeness (QED) is 0.676. The van der Waals surface area contributed by atoms with Gasteiger partial charge in [-0.1, -0.05) is 51.9 Å². The highest BCUT2D eigenvalue weighted by Gasteiger charge is 2.55. The number of aromatic nitrogens is 4. The molecule has 8 nitrogen and oxygen atoms in total. The van der Waals surface area contributed by atoms with E-state index in [2.05, 4.69) is 17.0 Å². The van der Waals surface area contributed by atoms with E-state index < -0.39 is 5.60 Å². The molecule has 2 aromatic heterocycles. The van der Waals surface area contributed by atoms with Crippen molar-refractivity contribution in [2.24, 2.45) is 17.3 Å². The Labute approximate surface area is 207 Å². The van der Waals surface area contributed by atoms with Gasteiger partial charge < -0.3 is 10.0 Å². The molecular formula is C27H41N5O3. The summed E-state index contributed by atoms with van der Waals surface area (Å²) in [6.07, 6.45) is 14.9. The average Bonchev–Trinajstić information content (AvgIpc) is 3.51.